The summed E-state index contributed by atoms with van der Waals surface area (Å²) in [6.45, 7) is 4.88. The molecule has 0 aromatic carbocycles. The molecule has 9 nitrogen and oxygen atoms in total. The Labute approximate surface area is 213 Å². The number of carbonyl (C=O) groups is 3. The minimum Gasteiger partial charge on any atom is -0.408 e. The molecule has 196 valence electrons. The second-order valence-electron chi connectivity index (χ2n) is 10.6. The van der Waals surface area contributed by atoms with Crippen LogP contribution in [-0.2, 0) is 9.59 Å². The van der Waals surface area contributed by atoms with E-state index in [1.807, 2.05) is 27.9 Å². The predicted molar refractivity (Wildman–Crippen MR) is 135 cm³/mol. The SMILES string of the molecule is CC(C)CC(C(=O)c1nnc(SCCN(C)C)o1)N(C=O)C1(NC(=O)C2CCCC2)CCCCC1. The van der Waals surface area contributed by atoms with Crippen LogP contribution in [0.4, 0.5) is 0 Å². The summed E-state index contributed by atoms with van der Waals surface area (Å²) in [6, 6.07) is -0.783. The topological polar surface area (TPSA) is 109 Å². The second-order valence-corrected chi connectivity index (χ2v) is 11.7. The van der Waals surface area contributed by atoms with Crippen LogP contribution < -0.4 is 5.32 Å². The average Bonchev–Trinajstić information content (AvgIpc) is 3.51. The summed E-state index contributed by atoms with van der Waals surface area (Å²) >= 11 is 1.40. The number of Topliss-reactive ketones (excluding diaryl/α,β-unsaturated/α-hetero) is 1. The summed E-state index contributed by atoms with van der Waals surface area (Å²) in [5, 5.41) is 11.7. The summed E-state index contributed by atoms with van der Waals surface area (Å²) in [5.41, 5.74) is -0.863. The average molecular weight is 508 g/mol. The molecule has 3 rings (SSSR count). The molecule has 1 aromatic heterocycles. The smallest absolute Gasteiger partial charge is 0.286 e. The molecule has 2 fully saturated rings. The van der Waals surface area contributed by atoms with Gasteiger partial charge in [-0.1, -0.05) is 44.9 Å². The normalized spacial score (nSPS) is 19.1. The van der Waals surface area contributed by atoms with Crippen LogP contribution in [0.25, 0.3) is 0 Å². The van der Waals surface area contributed by atoms with Crippen LogP contribution >= 0.6 is 11.8 Å². The maximum Gasteiger partial charge on any atom is 0.286 e. The van der Waals surface area contributed by atoms with Crippen LogP contribution in [0.5, 0.6) is 0 Å². The van der Waals surface area contributed by atoms with Crippen molar-refractivity contribution in [3.8, 4) is 0 Å². The molecular weight excluding hydrogens is 466 g/mol. The first-order valence-corrected chi connectivity index (χ1v) is 14.0. The zero-order chi connectivity index (χ0) is 25.4. The molecule has 1 N–H and O–H groups in total. The monoisotopic (exact) mass is 507 g/mol. The lowest BCUT2D eigenvalue weighted by Crippen LogP contribution is -2.66. The van der Waals surface area contributed by atoms with Crippen LogP contribution in [0.3, 0.4) is 0 Å². The highest BCUT2D eigenvalue weighted by atomic mass is 32.2. The van der Waals surface area contributed by atoms with Gasteiger partial charge in [0.15, 0.2) is 0 Å². The minimum atomic E-state index is -0.863. The first-order chi connectivity index (χ1) is 16.8. The third kappa shape index (κ3) is 7.29. The maximum absolute atomic E-state index is 13.7. The largest absolute Gasteiger partial charge is 0.408 e. The van der Waals surface area contributed by atoms with Crippen LogP contribution in [0.1, 0.15) is 88.7 Å². The van der Waals surface area contributed by atoms with Crippen LogP contribution in [-0.4, -0.2) is 76.2 Å². The lowest BCUT2D eigenvalue weighted by atomic mass is 9.84. The third-order valence-electron chi connectivity index (χ3n) is 7.08. The Balaban J connectivity index is 1.84. The van der Waals surface area contributed by atoms with Gasteiger partial charge in [-0.25, -0.2) is 0 Å². The molecule has 0 aliphatic heterocycles. The van der Waals surface area contributed by atoms with E-state index in [9.17, 15) is 14.4 Å². The van der Waals surface area contributed by atoms with E-state index in [4.69, 9.17) is 4.42 Å². The molecule has 0 saturated heterocycles. The molecule has 1 atom stereocenters. The quantitative estimate of drug-likeness (QED) is 0.186. The molecule has 2 aliphatic rings. The van der Waals surface area contributed by atoms with Gasteiger partial charge in [-0.2, -0.15) is 0 Å². The molecule has 1 unspecified atom stereocenters. The Hall–Kier alpha value is -1.94. The van der Waals surface area contributed by atoms with Crippen molar-refractivity contribution in [3.05, 3.63) is 5.89 Å². The Morgan fingerprint density at radius 3 is 2.43 bits per heavy atom. The summed E-state index contributed by atoms with van der Waals surface area (Å²) < 4.78 is 5.71. The van der Waals surface area contributed by atoms with Gasteiger partial charge in [-0.05, 0) is 65.0 Å². The van der Waals surface area contributed by atoms with E-state index in [0.29, 0.717) is 24.5 Å². The summed E-state index contributed by atoms with van der Waals surface area (Å²) in [6.07, 6.45) is 9.19. The molecule has 10 heteroatoms. The van der Waals surface area contributed by atoms with Gasteiger partial charge in [-0.3, -0.25) is 14.4 Å². The Bertz CT molecular complexity index is 847. The lowest BCUT2D eigenvalue weighted by Gasteiger charge is -2.48. The standard InChI is InChI=1S/C25H41N5O4S/c1-18(2)16-20(21(32)23-27-28-24(34-23)35-15-14-29(3)4)30(17-31)25(12-8-5-9-13-25)26-22(33)19-10-6-7-11-19/h17-20H,5-16H2,1-4H3,(H,26,33). The Morgan fingerprint density at radius 1 is 1.14 bits per heavy atom. The van der Waals surface area contributed by atoms with Crippen molar-refractivity contribution in [1.82, 2.24) is 25.3 Å². The van der Waals surface area contributed by atoms with Crippen molar-refractivity contribution in [1.29, 1.82) is 0 Å². The van der Waals surface area contributed by atoms with Gasteiger partial charge in [0.1, 0.15) is 11.7 Å². The van der Waals surface area contributed by atoms with E-state index >= 15 is 0 Å². The van der Waals surface area contributed by atoms with Gasteiger partial charge in [-0.15, -0.1) is 10.2 Å². The Kier molecular flexibility index (Phi) is 10.1. The fourth-order valence-corrected chi connectivity index (χ4v) is 6.06. The number of nitrogens with zero attached hydrogens (tertiary/aromatic N) is 4. The fourth-order valence-electron chi connectivity index (χ4n) is 5.20. The van der Waals surface area contributed by atoms with Gasteiger partial charge in [0.25, 0.3) is 11.1 Å². The molecular formula is C25H41N5O4S. The minimum absolute atomic E-state index is 0.00404. The third-order valence-corrected chi connectivity index (χ3v) is 7.88. The molecule has 1 heterocycles. The first kappa shape index (κ1) is 27.6. The van der Waals surface area contributed by atoms with E-state index in [1.165, 1.54) is 11.8 Å². The highest BCUT2D eigenvalue weighted by Gasteiger charge is 2.46. The summed E-state index contributed by atoms with van der Waals surface area (Å²) in [5.74, 6) is 0.452. The van der Waals surface area contributed by atoms with Crippen molar-refractivity contribution in [2.45, 2.75) is 95.0 Å². The second kappa shape index (κ2) is 12.9. The lowest BCUT2D eigenvalue weighted by molar-refractivity contribution is -0.139. The molecule has 0 bridgehead atoms. The number of hydrogen-bond donors (Lipinski definition) is 1. The number of nitrogens with one attached hydrogen (secondary N) is 1. The van der Waals surface area contributed by atoms with E-state index in [2.05, 4.69) is 20.4 Å². The zero-order valence-electron chi connectivity index (χ0n) is 21.6. The van der Waals surface area contributed by atoms with Crippen molar-refractivity contribution >= 4 is 29.9 Å². The molecule has 2 aliphatic carbocycles. The van der Waals surface area contributed by atoms with Gasteiger partial charge in [0, 0.05) is 18.2 Å². The number of rotatable bonds is 13. The highest BCUT2D eigenvalue weighted by molar-refractivity contribution is 7.99. The van der Waals surface area contributed by atoms with E-state index < -0.39 is 11.7 Å². The van der Waals surface area contributed by atoms with Gasteiger partial charge in [0.2, 0.25) is 18.1 Å². The molecule has 1 aromatic rings. The van der Waals surface area contributed by atoms with Crippen molar-refractivity contribution in [3.63, 3.8) is 0 Å². The molecule has 2 amide bonds. The number of thioether (sulfide) groups is 1. The molecule has 0 spiro atoms. The summed E-state index contributed by atoms with van der Waals surface area (Å²) in [7, 11) is 3.97. The highest BCUT2D eigenvalue weighted by Crippen LogP contribution is 2.36. The maximum atomic E-state index is 13.7. The number of hydrogen-bond acceptors (Lipinski definition) is 8. The van der Waals surface area contributed by atoms with Crippen LogP contribution in [0.15, 0.2) is 9.64 Å². The number of aromatic nitrogens is 2. The number of carbonyl (C=O) groups excluding carboxylic acids is 3. The van der Waals surface area contributed by atoms with E-state index in [-0.39, 0.29) is 29.4 Å². The van der Waals surface area contributed by atoms with E-state index in [0.717, 1.165) is 63.7 Å². The molecule has 35 heavy (non-hydrogen) atoms. The predicted octanol–water partition coefficient (Wildman–Crippen LogP) is 3.75. The number of amides is 2. The van der Waals surface area contributed by atoms with E-state index in [1.54, 1.807) is 4.90 Å². The zero-order valence-corrected chi connectivity index (χ0v) is 22.4. The first-order valence-electron chi connectivity index (χ1n) is 13.0. The fraction of sp³-hybridized carbons (Fsp3) is 0.800. The van der Waals surface area contributed by atoms with Crippen LogP contribution in [0.2, 0.25) is 0 Å². The molecule has 0 radical (unpaired) electrons. The Morgan fingerprint density at radius 2 is 1.83 bits per heavy atom. The molecule has 2 saturated carbocycles. The van der Waals surface area contributed by atoms with Gasteiger partial charge in [0.05, 0.1) is 0 Å². The van der Waals surface area contributed by atoms with Gasteiger partial charge >= 0.3 is 0 Å². The van der Waals surface area contributed by atoms with Crippen molar-refractivity contribution in [2.24, 2.45) is 11.8 Å². The van der Waals surface area contributed by atoms with Crippen molar-refractivity contribution < 1.29 is 18.8 Å². The summed E-state index contributed by atoms with van der Waals surface area (Å²) in [4.78, 5) is 43.1. The van der Waals surface area contributed by atoms with Gasteiger partial charge < -0.3 is 19.5 Å². The van der Waals surface area contributed by atoms with Crippen molar-refractivity contribution in [2.75, 3.05) is 26.4 Å². The number of ketones is 1. The van der Waals surface area contributed by atoms with Crippen LogP contribution in [0, 0.1) is 11.8 Å².